The Morgan fingerprint density at radius 1 is 0.528 bits per heavy atom. The number of phosphoric acid groups is 1. The number of allylic oxidation sites excluding steroid dienone is 8. The van der Waals surface area contributed by atoms with Gasteiger partial charge in [-0.2, -0.15) is 0 Å². The lowest BCUT2D eigenvalue weighted by Gasteiger charge is -2.19. The fraction of sp³-hybridized carbons (Fsp3) is 0.773. The number of unbranched alkanes of at least 4 members (excludes halogenated alkanes) is 19. The topological polar surface area (TPSA) is 108 Å². The number of esters is 2. The van der Waals surface area contributed by atoms with Crippen LogP contribution in [0.25, 0.3) is 0 Å². The number of ether oxygens (including phenoxy) is 2. The standard InChI is InChI=1S/C44H79O8P/c1-4-7-9-11-13-15-17-18-19-20-21-22-23-24-25-26-27-28-29-31-33-35-37-39-44(46)52-42(41-51-53(47,48)50-6-3)40-49-43(45)38-36-34-32-30-16-14-12-10-8-5-2/h7,9,13,15,18-19,21-22,42H,4-6,8,10-12,14,16-17,20,23-41H2,1-3H3,(H,47,48)/b9-7-,15-13-,19-18-,22-21-. The Morgan fingerprint density at radius 2 is 0.962 bits per heavy atom. The third-order valence-corrected chi connectivity index (χ3v) is 9.96. The molecule has 0 aliphatic carbocycles. The molecule has 1 N–H and O–H groups in total. The van der Waals surface area contributed by atoms with Crippen molar-refractivity contribution in [3.8, 4) is 0 Å². The van der Waals surface area contributed by atoms with Crippen LogP contribution < -0.4 is 0 Å². The summed E-state index contributed by atoms with van der Waals surface area (Å²) in [5, 5.41) is 0. The highest BCUT2D eigenvalue weighted by Gasteiger charge is 2.25. The van der Waals surface area contributed by atoms with Crippen LogP contribution in [0.5, 0.6) is 0 Å². The molecular formula is C44H79O8P. The predicted octanol–water partition coefficient (Wildman–Crippen LogP) is 13.4. The van der Waals surface area contributed by atoms with E-state index in [9.17, 15) is 19.0 Å². The molecule has 53 heavy (non-hydrogen) atoms. The SMILES string of the molecule is CC/C=C\C/C=C\C/C=C\C/C=C\CCCCCCCCCCCCC(=O)OC(COC(=O)CCCCCCCCCCCC)COP(=O)(O)OCC. The van der Waals surface area contributed by atoms with Crippen LogP contribution in [0, 0.1) is 0 Å². The van der Waals surface area contributed by atoms with Gasteiger partial charge in [-0.25, -0.2) is 4.57 Å². The van der Waals surface area contributed by atoms with E-state index in [1.165, 1.54) is 83.5 Å². The smallest absolute Gasteiger partial charge is 0.462 e. The van der Waals surface area contributed by atoms with Gasteiger partial charge in [-0.15, -0.1) is 0 Å². The van der Waals surface area contributed by atoms with E-state index in [1.54, 1.807) is 6.92 Å². The number of carbonyl (C=O) groups excluding carboxylic acids is 2. The maximum Gasteiger partial charge on any atom is 0.472 e. The van der Waals surface area contributed by atoms with Crippen LogP contribution >= 0.6 is 7.82 Å². The maximum atomic E-state index is 12.5. The zero-order valence-corrected chi connectivity index (χ0v) is 35.1. The summed E-state index contributed by atoms with van der Waals surface area (Å²) in [6.45, 7) is 5.34. The van der Waals surface area contributed by atoms with Crippen LogP contribution in [0.15, 0.2) is 48.6 Å². The first-order valence-electron chi connectivity index (χ1n) is 21.4. The van der Waals surface area contributed by atoms with Crippen molar-refractivity contribution < 1.29 is 37.6 Å². The van der Waals surface area contributed by atoms with E-state index in [4.69, 9.17) is 18.5 Å². The summed E-state index contributed by atoms with van der Waals surface area (Å²) in [5.41, 5.74) is 0. The van der Waals surface area contributed by atoms with E-state index >= 15 is 0 Å². The molecule has 308 valence electrons. The zero-order valence-electron chi connectivity index (χ0n) is 34.2. The van der Waals surface area contributed by atoms with Gasteiger partial charge in [0.15, 0.2) is 6.10 Å². The number of hydrogen-bond donors (Lipinski definition) is 1. The summed E-state index contributed by atoms with van der Waals surface area (Å²) >= 11 is 0. The summed E-state index contributed by atoms with van der Waals surface area (Å²) in [4.78, 5) is 34.6. The highest BCUT2D eigenvalue weighted by Crippen LogP contribution is 2.43. The van der Waals surface area contributed by atoms with E-state index in [0.29, 0.717) is 12.8 Å². The minimum atomic E-state index is -4.28. The van der Waals surface area contributed by atoms with Crippen LogP contribution in [-0.2, 0) is 32.7 Å². The molecule has 0 bridgehead atoms. The second-order valence-electron chi connectivity index (χ2n) is 14.0. The third-order valence-electron chi connectivity index (χ3n) is 8.90. The largest absolute Gasteiger partial charge is 0.472 e. The van der Waals surface area contributed by atoms with Crippen LogP contribution in [0.4, 0.5) is 0 Å². The van der Waals surface area contributed by atoms with Gasteiger partial charge in [-0.3, -0.25) is 18.6 Å². The molecule has 0 aromatic heterocycles. The fourth-order valence-electron chi connectivity index (χ4n) is 5.80. The molecular weight excluding hydrogens is 687 g/mol. The first-order valence-corrected chi connectivity index (χ1v) is 22.9. The molecule has 0 amide bonds. The average molecular weight is 767 g/mol. The van der Waals surface area contributed by atoms with Crippen molar-refractivity contribution in [2.45, 2.75) is 200 Å². The predicted molar refractivity (Wildman–Crippen MR) is 221 cm³/mol. The van der Waals surface area contributed by atoms with Crippen molar-refractivity contribution in [3.63, 3.8) is 0 Å². The molecule has 0 saturated carbocycles. The van der Waals surface area contributed by atoms with Gasteiger partial charge in [0.2, 0.25) is 0 Å². The molecule has 0 radical (unpaired) electrons. The minimum absolute atomic E-state index is 0.000667. The molecule has 0 saturated heterocycles. The monoisotopic (exact) mass is 767 g/mol. The van der Waals surface area contributed by atoms with Crippen LogP contribution in [0.3, 0.4) is 0 Å². The molecule has 0 aliphatic heterocycles. The van der Waals surface area contributed by atoms with E-state index < -0.39 is 26.5 Å². The van der Waals surface area contributed by atoms with Gasteiger partial charge < -0.3 is 14.4 Å². The summed E-state index contributed by atoms with van der Waals surface area (Å²) < 4.78 is 32.6. The summed E-state index contributed by atoms with van der Waals surface area (Å²) in [6.07, 6.45) is 46.0. The molecule has 2 atom stereocenters. The normalized spacial score (nSPS) is 13.8. The number of rotatable bonds is 39. The van der Waals surface area contributed by atoms with E-state index in [-0.39, 0.29) is 25.6 Å². The van der Waals surface area contributed by atoms with Gasteiger partial charge in [0.25, 0.3) is 0 Å². The molecule has 8 nitrogen and oxygen atoms in total. The van der Waals surface area contributed by atoms with Crippen molar-refractivity contribution in [2.75, 3.05) is 19.8 Å². The first kappa shape index (κ1) is 51.0. The van der Waals surface area contributed by atoms with Crippen molar-refractivity contribution in [1.82, 2.24) is 0 Å². The molecule has 0 fully saturated rings. The number of hydrogen-bond acceptors (Lipinski definition) is 7. The second-order valence-corrected chi connectivity index (χ2v) is 15.4. The lowest BCUT2D eigenvalue weighted by molar-refractivity contribution is -0.161. The van der Waals surface area contributed by atoms with Gasteiger partial charge in [0.1, 0.15) is 6.61 Å². The Hall–Kier alpha value is -1.99. The van der Waals surface area contributed by atoms with Gasteiger partial charge in [-0.05, 0) is 58.3 Å². The van der Waals surface area contributed by atoms with Crippen LogP contribution in [0.2, 0.25) is 0 Å². The summed E-state index contributed by atoms with van der Waals surface area (Å²) in [5.74, 6) is -0.803. The lowest BCUT2D eigenvalue weighted by atomic mass is 10.0. The van der Waals surface area contributed by atoms with Gasteiger partial charge in [0, 0.05) is 12.8 Å². The Labute approximate surface area is 325 Å². The molecule has 0 spiro atoms. The quantitative estimate of drug-likeness (QED) is 0.0285. The maximum absolute atomic E-state index is 12.5. The van der Waals surface area contributed by atoms with Crippen LogP contribution in [0.1, 0.15) is 194 Å². The molecule has 0 heterocycles. The Balaban J connectivity index is 4.01. The zero-order chi connectivity index (χ0) is 38.9. The van der Waals surface area contributed by atoms with Crippen molar-refractivity contribution in [3.05, 3.63) is 48.6 Å². The highest BCUT2D eigenvalue weighted by molar-refractivity contribution is 7.47. The fourth-order valence-corrected chi connectivity index (χ4v) is 6.55. The second kappa shape index (κ2) is 39.7. The highest BCUT2D eigenvalue weighted by atomic mass is 31.2. The number of phosphoric ester groups is 1. The van der Waals surface area contributed by atoms with E-state index in [1.807, 2.05) is 0 Å². The lowest BCUT2D eigenvalue weighted by Crippen LogP contribution is -2.29. The van der Waals surface area contributed by atoms with Gasteiger partial charge in [0.05, 0.1) is 13.2 Å². The summed E-state index contributed by atoms with van der Waals surface area (Å²) in [7, 11) is -4.28. The first-order chi connectivity index (χ1) is 25.8. The Morgan fingerprint density at radius 3 is 1.45 bits per heavy atom. The van der Waals surface area contributed by atoms with Crippen molar-refractivity contribution >= 4 is 19.8 Å². The van der Waals surface area contributed by atoms with Crippen molar-refractivity contribution in [2.24, 2.45) is 0 Å². The van der Waals surface area contributed by atoms with Gasteiger partial charge in [-0.1, -0.05) is 172 Å². The molecule has 0 aliphatic rings. The minimum Gasteiger partial charge on any atom is -0.462 e. The van der Waals surface area contributed by atoms with E-state index in [0.717, 1.165) is 70.6 Å². The van der Waals surface area contributed by atoms with Gasteiger partial charge >= 0.3 is 19.8 Å². The Kier molecular flexibility index (Phi) is 38.2. The molecule has 0 aromatic carbocycles. The Bertz CT molecular complexity index is 1010. The van der Waals surface area contributed by atoms with Crippen molar-refractivity contribution in [1.29, 1.82) is 0 Å². The molecule has 0 aromatic rings. The number of carbonyl (C=O) groups is 2. The summed E-state index contributed by atoms with van der Waals surface area (Å²) in [6, 6.07) is 0. The van der Waals surface area contributed by atoms with E-state index in [2.05, 4.69) is 62.5 Å². The third kappa shape index (κ3) is 39.5. The molecule has 9 heteroatoms. The molecule has 0 rings (SSSR count). The molecule has 2 unspecified atom stereocenters. The average Bonchev–Trinajstić information content (AvgIpc) is 3.13. The van der Waals surface area contributed by atoms with Crippen LogP contribution in [-0.4, -0.2) is 42.8 Å².